The van der Waals surface area contributed by atoms with Crippen LogP contribution >= 0.6 is 28.6 Å². The molecule has 0 aromatic heterocycles. The zero-order valence-corrected chi connectivity index (χ0v) is 8.94. The Bertz CT molecular complexity index is 286. The maximum Gasteiger partial charge on any atom is 0.163 e. The maximum absolute atomic E-state index is 11.3. The molecule has 0 saturated carbocycles. The lowest BCUT2D eigenvalue weighted by molar-refractivity contribution is 0.0989. The molecule has 0 heterocycles. The number of hydrogen-bond acceptors (Lipinski definition) is 2. The monoisotopic (exact) mass is 244 g/mol. The summed E-state index contributed by atoms with van der Waals surface area (Å²) in [4.78, 5) is 12.2. The second-order valence-electron chi connectivity index (χ2n) is 2.41. The molecule has 0 unspecified atom stereocenters. The molecule has 0 spiro atoms. The highest BCUT2D eigenvalue weighted by Crippen LogP contribution is 2.11. The van der Waals surface area contributed by atoms with Crippen LogP contribution < -0.4 is 0 Å². The van der Waals surface area contributed by atoms with Gasteiger partial charge < -0.3 is 0 Å². The minimum atomic E-state index is 0.155. The van der Waals surface area contributed by atoms with Gasteiger partial charge in [0.25, 0.3) is 0 Å². The zero-order chi connectivity index (χ0) is 8.97. The third kappa shape index (κ3) is 2.64. The number of rotatable bonds is 3. The zero-order valence-electron chi connectivity index (χ0n) is 6.46. The van der Waals surface area contributed by atoms with Crippen LogP contribution in [-0.4, -0.2) is 11.1 Å². The summed E-state index contributed by atoms with van der Waals surface area (Å²) in [5.41, 5.74) is 0.738. The molecular weight excluding hydrogens is 236 g/mol. The lowest BCUT2D eigenvalue weighted by atomic mass is 10.1. The third-order valence-electron chi connectivity index (χ3n) is 1.49. The fourth-order valence-corrected chi connectivity index (χ4v) is 1.49. The van der Waals surface area contributed by atoms with Crippen molar-refractivity contribution in [2.24, 2.45) is 0 Å². The Hall–Kier alpha value is -0.280. The van der Waals surface area contributed by atoms with Gasteiger partial charge in [-0.25, -0.2) is 0 Å². The van der Waals surface area contributed by atoms with E-state index in [0.717, 1.165) is 10.5 Å². The van der Waals surface area contributed by atoms with Crippen molar-refractivity contribution >= 4 is 34.3 Å². The number of halogens is 1. The van der Waals surface area contributed by atoms with Gasteiger partial charge in [-0.1, -0.05) is 28.1 Å². The Kier molecular flexibility index (Phi) is 3.82. The molecule has 12 heavy (non-hydrogen) atoms. The average Bonchev–Trinajstić information content (AvgIpc) is 2.05. The van der Waals surface area contributed by atoms with Gasteiger partial charge in [0.1, 0.15) is 0 Å². The molecule has 0 aliphatic rings. The van der Waals surface area contributed by atoms with Crippen molar-refractivity contribution in [2.45, 2.75) is 11.3 Å². The first kappa shape index (κ1) is 9.81. The van der Waals surface area contributed by atoms with E-state index in [1.165, 1.54) is 0 Å². The SMILES string of the molecule is O=C(CCBr)c1cccc(S)c1. The Morgan fingerprint density at radius 1 is 1.50 bits per heavy atom. The van der Waals surface area contributed by atoms with Crippen LogP contribution in [-0.2, 0) is 0 Å². The highest BCUT2D eigenvalue weighted by molar-refractivity contribution is 9.09. The second-order valence-corrected chi connectivity index (χ2v) is 3.72. The minimum absolute atomic E-state index is 0.155. The Morgan fingerprint density at radius 2 is 2.25 bits per heavy atom. The first-order chi connectivity index (χ1) is 5.74. The Labute approximate surface area is 85.7 Å². The van der Waals surface area contributed by atoms with Crippen molar-refractivity contribution in [3.63, 3.8) is 0 Å². The summed E-state index contributed by atoms with van der Waals surface area (Å²) < 4.78 is 0. The van der Waals surface area contributed by atoms with Crippen LogP contribution in [0.1, 0.15) is 16.8 Å². The van der Waals surface area contributed by atoms with Crippen LogP contribution in [0.5, 0.6) is 0 Å². The van der Waals surface area contributed by atoms with E-state index in [0.29, 0.717) is 11.8 Å². The number of ketones is 1. The molecule has 1 rings (SSSR count). The van der Waals surface area contributed by atoms with Crippen LogP contribution in [0.2, 0.25) is 0 Å². The van der Waals surface area contributed by atoms with E-state index in [1.807, 2.05) is 18.2 Å². The van der Waals surface area contributed by atoms with Crippen LogP contribution in [0.3, 0.4) is 0 Å². The van der Waals surface area contributed by atoms with E-state index in [9.17, 15) is 4.79 Å². The Balaban J connectivity index is 2.81. The predicted molar refractivity (Wildman–Crippen MR) is 56.4 cm³/mol. The first-order valence-electron chi connectivity index (χ1n) is 3.62. The molecule has 0 amide bonds. The second kappa shape index (κ2) is 4.67. The van der Waals surface area contributed by atoms with Gasteiger partial charge in [0.2, 0.25) is 0 Å². The molecule has 0 radical (unpaired) electrons. The van der Waals surface area contributed by atoms with Crippen molar-refractivity contribution in [2.75, 3.05) is 5.33 Å². The van der Waals surface area contributed by atoms with E-state index < -0.39 is 0 Å². The summed E-state index contributed by atoms with van der Waals surface area (Å²) in [6, 6.07) is 7.29. The number of carbonyl (C=O) groups excluding carboxylic acids is 1. The average molecular weight is 245 g/mol. The lowest BCUT2D eigenvalue weighted by Crippen LogP contribution is -1.98. The maximum atomic E-state index is 11.3. The summed E-state index contributed by atoms with van der Waals surface area (Å²) in [6.07, 6.45) is 0.539. The summed E-state index contributed by atoms with van der Waals surface area (Å²) >= 11 is 7.38. The summed E-state index contributed by atoms with van der Waals surface area (Å²) in [7, 11) is 0. The smallest absolute Gasteiger partial charge is 0.163 e. The van der Waals surface area contributed by atoms with Gasteiger partial charge >= 0.3 is 0 Å². The highest BCUT2D eigenvalue weighted by Gasteiger charge is 2.03. The van der Waals surface area contributed by atoms with Crippen molar-refractivity contribution in [1.29, 1.82) is 0 Å². The van der Waals surface area contributed by atoms with E-state index >= 15 is 0 Å². The highest BCUT2D eigenvalue weighted by atomic mass is 79.9. The van der Waals surface area contributed by atoms with Gasteiger partial charge in [0, 0.05) is 22.2 Å². The fraction of sp³-hybridized carbons (Fsp3) is 0.222. The molecule has 0 atom stereocenters. The molecule has 3 heteroatoms. The number of Topliss-reactive ketones (excluding diaryl/α,β-unsaturated/α-hetero) is 1. The van der Waals surface area contributed by atoms with Gasteiger partial charge in [-0.2, -0.15) is 0 Å². The summed E-state index contributed by atoms with van der Waals surface area (Å²) in [5.74, 6) is 0.155. The van der Waals surface area contributed by atoms with Crippen LogP contribution in [0.25, 0.3) is 0 Å². The van der Waals surface area contributed by atoms with Gasteiger partial charge in [0.05, 0.1) is 0 Å². The van der Waals surface area contributed by atoms with Crippen molar-refractivity contribution in [3.05, 3.63) is 29.8 Å². The quantitative estimate of drug-likeness (QED) is 0.492. The normalized spacial score (nSPS) is 9.83. The molecule has 1 aromatic rings. The number of alkyl halides is 1. The fourth-order valence-electron chi connectivity index (χ4n) is 0.910. The van der Waals surface area contributed by atoms with Crippen molar-refractivity contribution in [1.82, 2.24) is 0 Å². The molecule has 1 aromatic carbocycles. The molecule has 0 fully saturated rings. The van der Waals surface area contributed by atoms with E-state index in [-0.39, 0.29) is 5.78 Å². The van der Waals surface area contributed by atoms with Gasteiger partial charge in [-0.05, 0) is 12.1 Å². The van der Waals surface area contributed by atoms with Gasteiger partial charge in [-0.3, -0.25) is 4.79 Å². The van der Waals surface area contributed by atoms with Crippen LogP contribution in [0, 0.1) is 0 Å². The van der Waals surface area contributed by atoms with Crippen LogP contribution in [0.15, 0.2) is 29.2 Å². The lowest BCUT2D eigenvalue weighted by Gasteiger charge is -1.98. The molecule has 0 aliphatic heterocycles. The van der Waals surface area contributed by atoms with Gasteiger partial charge in [-0.15, -0.1) is 12.6 Å². The number of benzene rings is 1. The van der Waals surface area contributed by atoms with Crippen LogP contribution in [0.4, 0.5) is 0 Å². The van der Waals surface area contributed by atoms with E-state index in [2.05, 4.69) is 28.6 Å². The van der Waals surface area contributed by atoms with E-state index in [1.54, 1.807) is 6.07 Å². The number of hydrogen-bond donors (Lipinski definition) is 1. The predicted octanol–water partition coefficient (Wildman–Crippen LogP) is 2.94. The third-order valence-corrected chi connectivity index (χ3v) is 2.16. The van der Waals surface area contributed by atoms with E-state index in [4.69, 9.17) is 0 Å². The van der Waals surface area contributed by atoms with Crippen molar-refractivity contribution < 1.29 is 4.79 Å². The van der Waals surface area contributed by atoms with Crippen molar-refractivity contribution in [3.8, 4) is 0 Å². The number of carbonyl (C=O) groups is 1. The topological polar surface area (TPSA) is 17.1 Å². The largest absolute Gasteiger partial charge is 0.294 e. The van der Waals surface area contributed by atoms with Gasteiger partial charge in [0.15, 0.2) is 5.78 Å². The Morgan fingerprint density at radius 3 is 2.83 bits per heavy atom. The molecule has 0 aliphatic carbocycles. The number of thiol groups is 1. The molecule has 1 nitrogen and oxygen atoms in total. The molecule has 0 saturated heterocycles. The molecule has 64 valence electrons. The summed E-state index contributed by atoms with van der Waals surface area (Å²) in [5, 5.41) is 0.711. The molecule has 0 bridgehead atoms. The minimum Gasteiger partial charge on any atom is -0.294 e. The first-order valence-corrected chi connectivity index (χ1v) is 5.19. The molecule has 0 N–H and O–H groups in total. The summed E-state index contributed by atoms with van der Waals surface area (Å²) in [6.45, 7) is 0. The molecular formula is C9H9BrOS. The standard InChI is InChI=1S/C9H9BrOS/c10-5-4-9(11)7-2-1-3-8(12)6-7/h1-3,6,12H,4-5H2.